The molecule has 1 aromatic heterocycles. The summed E-state index contributed by atoms with van der Waals surface area (Å²) in [6, 6.07) is 3.47. The van der Waals surface area contributed by atoms with Crippen molar-refractivity contribution in [1.82, 2.24) is 4.98 Å². The van der Waals surface area contributed by atoms with Crippen LogP contribution in [-0.4, -0.2) is 31.2 Å². The first-order valence-electron chi connectivity index (χ1n) is 4.39. The Labute approximate surface area is 98.6 Å². The molecule has 0 aliphatic heterocycles. The molecule has 1 rings (SSSR count). The van der Waals surface area contributed by atoms with Gasteiger partial charge < -0.3 is 5.73 Å². The van der Waals surface area contributed by atoms with Crippen LogP contribution in [0.3, 0.4) is 0 Å². The lowest BCUT2D eigenvalue weighted by Crippen LogP contribution is -2.06. The molecule has 0 aromatic carbocycles. The molecule has 7 heteroatoms. The van der Waals surface area contributed by atoms with Crippen molar-refractivity contribution in [2.75, 3.05) is 23.5 Å². The van der Waals surface area contributed by atoms with Crippen LogP contribution in [0.5, 0.6) is 0 Å². The predicted molar refractivity (Wildman–Crippen MR) is 63.8 cm³/mol. The van der Waals surface area contributed by atoms with Gasteiger partial charge in [-0.3, -0.25) is 0 Å². The van der Waals surface area contributed by atoms with Gasteiger partial charge in [-0.2, -0.15) is 5.26 Å². The average Bonchev–Trinajstić information content (AvgIpc) is 2.19. The summed E-state index contributed by atoms with van der Waals surface area (Å²) in [6.45, 7) is 0. The highest BCUT2D eigenvalue weighted by molar-refractivity contribution is 8.00. The maximum atomic E-state index is 10.9. The standard InChI is InChI=1S/C9H11N3O2S2/c1-16(13,14)5-4-15-9-8(11)7(6-10)2-3-12-9/h2-3H,4-5,11H2,1H3. The third-order valence-corrected chi connectivity index (χ3v) is 3.98. The lowest BCUT2D eigenvalue weighted by Gasteiger charge is -2.04. The molecule has 1 aromatic rings. The fraction of sp³-hybridized carbons (Fsp3) is 0.333. The van der Waals surface area contributed by atoms with Gasteiger partial charge in [0.05, 0.1) is 17.0 Å². The van der Waals surface area contributed by atoms with E-state index in [1.54, 1.807) is 0 Å². The first kappa shape index (κ1) is 12.8. The molecule has 0 amide bonds. The number of sulfone groups is 1. The fourth-order valence-corrected chi connectivity index (χ4v) is 3.09. The van der Waals surface area contributed by atoms with Crippen molar-refractivity contribution >= 4 is 27.3 Å². The molecule has 0 bridgehead atoms. The van der Waals surface area contributed by atoms with Crippen molar-refractivity contribution in [1.29, 1.82) is 5.26 Å². The van der Waals surface area contributed by atoms with Crippen LogP contribution in [0.4, 0.5) is 5.69 Å². The summed E-state index contributed by atoms with van der Waals surface area (Å²) in [5.41, 5.74) is 6.36. The van der Waals surface area contributed by atoms with Gasteiger partial charge in [-0.05, 0) is 6.07 Å². The number of hydrogen-bond donors (Lipinski definition) is 1. The molecule has 0 saturated heterocycles. The molecule has 5 nitrogen and oxygen atoms in total. The summed E-state index contributed by atoms with van der Waals surface area (Å²) < 4.78 is 21.8. The minimum atomic E-state index is -2.98. The van der Waals surface area contributed by atoms with Crippen molar-refractivity contribution in [3.05, 3.63) is 17.8 Å². The number of hydrogen-bond acceptors (Lipinski definition) is 6. The van der Waals surface area contributed by atoms with Gasteiger partial charge in [0.1, 0.15) is 20.9 Å². The highest BCUT2D eigenvalue weighted by Crippen LogP contribution is 2.24. The zero-order chi connectivity index (χ0) is 12.2. The van der Waals surface area contributed by atoms with Gasteiger partial charge >= 0.3 is 0 Å². The first-order valence-corrected chi connectivity index (χ1v) is 7.44. The van der Waals surface area contributed by atoms with Crippen molar-refractivity contribution in [3.63, 3.8) is 0 Å². The number of anilines is 1. The van der Waals surface area contributed by atoms with E-state index in [0.29, 0.717) is 22.0 Å². The summed E-state index contributed by atoms with van der Waals surface area (Å²) in [5.74, 6) is 0.445. The number of aromatic nitrogens is 1. The van der Waals surface area contributed by atoms with Gasteiger partial charge in [-0.1, -0.05) is 0 Å². The topological polar surface area (TPSA) is 96.8 Å². The van der Waals surface area contributed by atoms with E-state index in [9.17, 15) is 8.42 Å². The second-order valence-corrected chi connectivity index (χ2v) is 6.51. The summed E-state index contributed by atoms with van der Waals surface area (Å²) in [6.07, 6.45) is 2.66. The van der Waals surface area contributed by atoms with E-state index in [-0.39, 0.29) is 5.75 Å². The Kier molecular flexibility index (Phi) is 4.15. The molecule has 0 radical (unpaired) electrons. The van der Waals surface area contributed by atoms with Gasteiger partial charge in [0.2, 0.25) is 0 Å². The van der Waals surface area contributed by atoms with Crippen molar-refractivity contribution in [3.8, 4) is 6.07 Å². The third-order valence-electron chi connectivity index (χ3n) is 1.77. The van der Waals surface area contributed by atoms with Gasteiger partial charge in [-0.25, -0.2) is 13.4 Å². The SMILES string of the molecule is CS(=O)(=O)CCSc1nccc(C#N)c1N. The number of nitrogens with two attached hydrogens (primary N) is 1. The molecule has 0 atom stereocenters. The molecule has 0 unspecified atom stereocenters. The largest absolute Gasteiger partial charge is 0.395 e. The Morgan fingerprint density at radius 1 is 1.62 bits per heavy atom. The van der Waals surface area contributed by atoms with Crippen LogP contribution in [0.15, 0.2) is 17.3 Å². The number of nitrogens with zero attached hydrogens (tertiary/aromatic N) is 2. The number of pyridine rings is 1. The Morgan fingerprint density at radius 2 is 2.31 bits per heavy atom. The van der Waals surface area contributed by atoms with Gasteiger partial charge in [-0.15, -0.1) is 11.8 Å². The molecule has 86 valence electrons. The Balaban J connectivity index is 2.73. The quantitative estimate of drug-likeness (QED) is 0.796. The van der Waals surface area contributed by atoms with E-state index in [2.05, 4.69) is 4.98 Å². The van der Waals surface area contributed by atoms with Gasteiger partial charge in [0, 0.05) is 18.2 Å². The lowest BCUT2D eigenvalue weighted by molar-refractivity contribution is 0.603. The summed E-state index contributed by atoms with van der Waals surface area (Å²) in [5, 5.41) is 9.24. The molecule has 0 fully saturated rings. The van der Waals surface area contributed by atoms with Crippen LogP contribution >= 0.6 is 11.8 Å². The Bertz CT molecular complexity index is 520. The highest BCUT2D eigenvalue weighted by atomic mass is 32.2. The summed E-state index contributed by atoms with van der Waals surface area (Å²) in [4.78, 5) is 4.00. The van der Waals surface area contributed by atoms with Gasteiger partial charge in [0.15, 0.2) is 0 Å². The maximum absolute atomic E-state index is 10.9. The van der Waals surface area contributed by atoms with Crippen LogP contribution in [-0.2, 0) is 9.84 Å². The maximum Gasteiger partial charge on any atom is 0.148 e. The van der Waals surface area contributed by atoms with E-state index in [1.165, 1.54) is 30.3 Å². The third kappa shape index (κ3) is 3.72. The zero-order valence-corrected chi connectivity index (χ0v) is 10.3. The van der Waals surface area contributed by atoms with Crippen LogP contribution in [0.25, 0.3) is 0 Å². The molecule has 0 saturated carbocycles. The average molecular weight is 257 g/mol. The number of nitrogen functional groups attached to an aromatic ring is 1. The van der Waals surface area contributed by atoms with Crippen molar-refractivity contribution in [2.45, 2.75) is 5.03 Å². The molecule has 0 spiro atoms. The predicted octanol–water partition coefficient (Wildman–Crippen LogP) is 0.672. The zero-order valence-electron chi connectivity index (χ0n) is 8.67. The number of thioether (sulfide) groups is 1. The fourth-order valence-electron chi connectivity index (χ4n) is 0.956. The van der Waals surface area contributed by atoms with E-state index in [1.807, 2.05) is 6.07 Å². The first-order chi connectivity index (χ1) is 7.44. The summed E-state index contributed by atoms with van der Waals surface area (Å²) >= 11 is 1.24. The highest BCUT2D eigenvalue weighted by Gasteiger charge is 2.08. The van der Waals surface area contributed by atoms with E-state index in [4.69, 9.17) is 11.0 Å². The second kappa shape index (κ2) is 5.18. The number of nitriles is 1. The molecule has 0 aliphatic rings. The van der Waals surface area contributed by atoms with E-state index in [0.717, 1.165) is 0 Å². The van der Waals surface area contributed by atoms with Crippen LogP contribution < -0.4 is 5.73 Å². The van der Waals surface area contributed by atoms with Crippen molar-refractivity contribution in [2.24, 2.45) is 0 Å². The monoisotopic (exact) mass is 257 g/mol. The molecular formula is C9H11N3O2S2. The summed E-state index contributed by atoms with van der Waals surface area (Å²) in [7, 11) is -2.98. The van der Waals surface area contributed by atoms with Crippen LogP contribution in [0.2, 0.25) is 0 Å². The molecule has 1 heterocycles. The molecular weight excluding hydrogens is 246 g/mol. The van der Waals surface area contributed by atoms with Gasteiger partial charge in [0.25, 0.3) is 0 Å². The molecule has 2 N–H and O–H groups in total. The van der Waals surface area contributed by atoms with Crippen LogP contribution in [0.1, 0.15) is 5.56 Å². The molecule has 0 aliphatic carbocycles. The Hall–Kier alpha value is -1.26. The normalized spacial score (nSPS) is 11.0. The lowest BCUT2D eigenvalue weighted by atomic mass is 10.2. The number of rotatable bonds is 4. The smallest absolute Gasteiger partial charge is 0.148 e. The van der Waals surface area contributed by atoms with Crippen LogP contribution in [0, 0.1) is 11.3 Å². The Morgan fingerprint density at radius 3 is 2.88 bits per heavy atom. The van der Waals surface area contributed by atoms with Crippen molar-refractivity contribution < 1.29 is 8.42 Å². The van der Waals surface area contributed by atoms with E-state index < -0.39 is 9.84 Å². The minimum absolute atomic E-state index is 0.0650. The second-order valence-electron chi connectivity index (χ2n) is 3.17. The molecule has 16 heavy (non-hydrogen) atoms. The minimum Gasteiger partial charge on any atom is -0.395 e. The van der Waals surface area contributed by atoms with E-state index >= 15 is 0 Å².